The molecule has 7 heteroatoms. The highest BCUT2D eigenvalue weighted by atomic mass is 16.5. The number of amides is 1. The molecule has 0 spiro atoms. The smallest absolute Gasteiger partial charge is 0.248 e. The molecule has 24 heavy (non-hydrogen) atoms. The molecule has 0 fully saturated rings. The van der Waals surface area contributed by atoms with Gasteiger partial charge in [-0.25, -0.2) is 0 Å². The molecule has 3 heterocycles. The number of rotatable bonds is 6. The number of aromatic nitrogens is 3. The second-order valence-corrected chi connectivity index (χ2v) is 5.91. The Bertz CT molecular complexity index is 701. The molecule has 7 nitrogen and oxygen atoms in total. The van der Waals surface area contributed by atoms with Gasteiger partial charge in [-0.2, -0.15) is 5.10 Å². The highest BCUT2D eigenvalue weighted by molar-refractivity contribution is 5.77. The van der Waals surface area contributed by atoms with Crippen LogP contribution in [0.4, 0.5) is 0 Å². The minimum absolute atomic E-state index is 0.00522. The molecule has 0 N–H and O–H groups in total. The van der Waals surface area contributed by atoms with Crippen molar-refractivity contribution in [3.05, 3.63) is 47.5 Å². The standard InChI is InChI=1S/C17H22N4O3/c1-13-4-3-5-14(19-13)10-24-11-16-9-20(17(22)12-23-2)8-15-6-7-18-21(15)16/h3-7,16H,8-12H2,1-2H3. The lowest BCUT2D eigenvalue weighted by Gasteiger charge is -2.33. The summed E-state index contributed by atoms with van der Waals surface area (Å²) in [6, 6.07) is 7.80. The van der Waals surface area contributed by atoms with Crippen molar-refractivity contribution in [1.29, 1.82) is 0 Å². The van der Waals surface area contributed by atoms with Crippen molar-refractivity contribution in [2.45, 2.75) is 26.1 Å². The van der Waals surface area contributed by atoms with E-state index < -0.39 is 0 Å². The first-order chi connectivity index (χ1) is 11.7. The Morgan fingerprint density at radius 2 is 2.25 bits per heavy atom. The van der Waals surface area contributed by atoms with Crippen molar-refractivity contribution in [1.82, 2.24) is 19.7 Å². The van der Waals surface area contributed by atoms with Crippen LogP contribution in [-0.4, -0.2) is 52.4 Å². The van der Waals surface area contributed by atoms with E-state index in [9.17, 15) is 4.79 Å². The molecule has 128 valence electrons. The number of hydrogen-bond acceptors (Lipinski definition) is 5. The molecule has 1 aliphatic rings. The van der Waals surface area contributed by atoms with Gasteiger partial charge in [-0.1, -0.05) is 6.07 Å². The quantitative estimate of drug-likeness (QED) is 0.799. The van der Waals surface area contributed by atoms with Crippen molar-refractivity contribution in [3.63, 3.8) is 0 Å². The second kappa shape index (κ2) is 7.55. The highest BCUT2D eigenvalue weighted by Gasteiger charge is 2.28. The minimum atomic E-state index is -0.0182. The SMILES string of the molecule is COCC(=O)N1Cc2ccnn2C(COCc2cccc(C)n2)C1. The normalized spacial score (nSPS) is 16.9. The summed E-state index contributed by atoms with van der Waals surface area (Å²) in [6.07, 6.45) is 1.76. The summed E-state index contributed by atoms with van der Waals surface area (Å²) in [4.78, 5) is 18.3. The molecule has 0 aromatic carbocycles. The second-order valence-electron chi connectivity index (χ2n) is 5.91. The van der Waals surface area contributed by atoms with Gasteiger partial charge in [0, 0.05) is 25.5 Å². The van der Waals surface area contributed by atoms with Crippen LogP contribution < -0.4 is 0 Å². The largest absolute Gasteiger partial charge is 0.375 e. The molecule has 0 aliphatic carbocycles. The Labute approximate surface area is 141 Å². The first-order valence-electron chi connectivity index (χ1n) is 7.96. The molecule has 0 saturated heterocycles. The molecule has 0 radical (unpaired) electrons. The van der Waals surface area contributed by atoms with Crippen molar-refractivity contribution >= 4 is 5.91 Å². The van der Waals surface area contributed by atoms with Crippen LogP contribution in [-0.2, 0) is 27.4 Å². The van der Waals surface area contributed by atoms with Gasteiger partial charge < -0.3 is 14.4 Å². The van der Waals surface area contributed by atoms with E-state index in [1.165, 1.54) is 7.11 Å². The van der Waals surface area contributed by atoms with Crippen LogP contribution in [0.25, 0.3) is 0 Å². The lowest BCUT2D eigenvalue weighted by Crippen LogP contribution is -2.44. The van der Waals surface area contributed by atoms with E-state index in [0.29, 0.717) is 26.3 Å². The van der Waals surface area contributed by atoms with Crippen molar-refractivity contribution in [2.75, 3.05) is 26.9 Å². The summed E-state index contributed by atoms with van der Waals surface area (Å²) in [5.41, 5.74) is 2.88. The third-order valence-corrected chi connectivity index (χ3v) is 4.01. The van der Waals surface area contributed by atoms with E-state index in [4.69, 9.17) is 9.47 Å². The molecule has 0 saturated carbocycles. The molecular weight excluding hydrogens is 308 g/mol. The van der Waals surface area contributed by atoms with Gasteiger partial charge in [-0.3, -0.25) is 14.5 Å². The van der Waals surface area contributed by atoms with Crippen LogP contribution >= 0.6 is 0 Å². The van der Waals surface area contributed by atoms with Crippen LogP contribution in [0, 0.1) is 6.92 Å². The maximum atomic E-state index is 12.1. The number of hydrogen-bond donors (Lipinski definition) is 0. The van der Waals surface area contributed by atoms with Crippen LogP contribution in [0.15, 0.2) is 30.5 Å². The van der Waals surface area contributed by atoms with Gasteiger partial charge in [0.1, 0.15) is 6.61 Å². The fraction of sp³-hybridized carbons (Fsp3) is 0.471. The zero-order chi connectivity index (χ0) is 16.9. The summed E-state index contributed by atoms with van der Waals surface area (Å²) >= 11 is 0. The van der Waals surface area contributed by atoms with Crippen LogP contribution in [0.3, 0.4) is 0 Å². The first-order valence-corrected chi connectivity index (χ1v) is 7.96. The number of fused-ring (bicyclic) bond motifs is 1. The van der Waals surface area contributed by atoms with Crippen molar-refractivity contribution in [2.24, 2.45) is 0 Å². The van der Waals surface area contributed by atoms with Gasteiger partial charge >= 0.3 is 0 Å². The van der Waals surface area contributed by atoms with E-state index in [-0.39, 0.29) is 18.6 Å². The number of carbonyl (C=O) groups excluding carboxylic acids is 1. The van der Waals surface area contributed by atoms with Crippen LogP contribution in [0.1, 0.15) is 23.1 Å². The maximum Gasteiger partial charge on any atom is 0.248 e. The van der Waals surface area contributed by atoms with E-state index >= 15 is 0 Å². The lowest BCUT2D eigenvalue weighted by atomic mass is 10.2. The Morgan fingerprint density at radius 1 is 1.38 bits per heavy atom. The predicted octanol–water partition coefficient (Wildman–Crippen LogP) is 1.33. The number of carbonyl (C=O) groups is 1. The van der Waals surface area contributed by atoms with Gasteiger partial charge in [0.25, 0.3) is 0 Å². The maximum absolute atomic E-state index is 12.1. The number of aryl methyl sites for hydroxylation is 1. The Kier molecular flexibility index (Phi) is 5.22. The summed E-state index contributed by atoms with van der Waals surface area (Å²) in [5.74, 6) is -0.0182. The summed E-state index contributed by atoms with van der Waals surface area (Å²) < 4.78 is 12.7. The van der Waals surface area contributed by atoms with Gasteiger partial charge in [-0.05, 0) is 25.1 Å². The molecule has 0 bridgehead atoms. The minimum Gasteiger partial charge on any atom is -0.375 e. The lowest BCUT2D eigenvalue weighted by molar-refractivity contribution is -0.137. The molecule has 1 atom stereocenters. The fourth-order valence-corrected chi connectivity index (χ4v) is 2.89. The summed E-state index contributed by atoms with van der Waals surface area (Å²) in [7, 11) is 1.53. The van der Waals surface area contributed by atoms with Gasteiger partial charge in [0.2, 0.25) is 5.91 Å². The highest BCUT2D eigenvalue weighted by Crippen LogP contribution is 2.21. The zero-order valence-corrected chi connectivity index (χ0v) is 14.0. The number of ether oxygens (including phenoxy) is 2. The van der Waals surface area contributed by atoms with E-state index in [1.807, 2.05) is 35.9 Å². The Hall–Kier alpha value is -2.25. The zero-order valence-electron chi connectivity index (χ0n) is 14.0. The molecule has 3 rings (SSSR count). The van der Waals surface area contributed by atoms with E-state index in [0.717, 1.165) is 17.1 Å². The van der Waals surface area contributed by atoms with Gasteiger partial charge in [0.15, 0.2) is 0 Å². The Morgan fingerprint density at radius 3 is 3.04 bits per heavy atom. The molecule has 1 amide bonds. The van der Waals surface area contributed by atoms with Gasteiger partial charge in [0.05, 0.1) is 37.2 Å². The molecule has 2 aromatic heterocycles. The van der Waals surface area contributed by atoms with E-state index in [2.05, 4.69) is 10.1 Å². The fourth-order valence-electron chi connectivity index (χ4n) is 2.89. The van der Waals surface area contributed by atoms with E-state index in [1.54, 1.807) is 11.1 Å². The predicted molar refractivity (Wildman–Crippen MR) is 87.2 cm³/mol. The third-order valence-electron chi connectivity index (χ3n) is 4.01. The average molecular weight is 330 g/mol. The number of nitrogens with zero attached hydrogens (tertiary/aromatic N) is 4. The van der Waals surface area contributed by atoms with Crippen molar-refractivity contribution < 1.29 is 14.3 Å². The number of pyridine rings is 1. The molecule has 1 aliphatic heterocycles. The third kappa shape index (κ3) is 3.80. The van der Waals surface area contributed by atoms with Crippen molar-refractivity contribution in [3.8, 4) is 0 Å². The number of methoxy groups -OCH3 is 1. The average Bonchev–Trinajstić information content (AvgIpc) is 3.04. The summed E-state index contributed by atoms with van der Waals surface area (Å²) in [5, 5.41) is 4.37. The van der Waals surface area contributed by atoms with Gasteiger partial charge in [-0.15, -0.1) is 0 Å². The monoisotopic (exact) mass is 330 g/mol. The summed E-state index contributed by atoms with van der Waals surface area (Å²) in [6.45, 7) is 4.09. The van der Waals surface area contributed by atoms with Crippen LogP contribution in [0.2, 0.25) is 0 Å². The van der Waals surface area contributed by atoms with Crippen LogP contribution in [0.5, 0.6) is 0 Å². The molecule has 1 unspecified atom stereocenters. The molecular formula is C17H22N4O3. The first kappa shape index (κ1) is 16.6. The molecule has 2 aromatic rings. The Balaban J connectivity index is 1.62. The topological polar surface area (TPSA) is 69.5 Å².